The van der Waals surface area contributed by atoms with Crippen molar-refractivity contribution in [3.05, 3.63) is 39.8 Å². The van der Waals surface area contributed by atoms with Crippen molar-refractivity contribution in [3.63, 3.8) is 0 Å². The lowest BCUT2D eigenvalue weighted by Gasteiger charge is -2.26. The predicted molar refractivity (Wildman–Crippen MR) is 114 cm³/mol. The molecule has 0 bridgehead atoms. The van der Waals surface area contributed by atoms with Crippen molar-refractivity contribution in [2.45, 2.75) is 19.9 Å². The van der Waals surface area contributed by atoms with Gasteiger partial charge in [-0.3, -0.25) is 4.79 Å². The lowest BCUT2D eigenvalue weighted by atomic mass is 10.0. The van der Waals surface area contributed by atoms with Gasteiger partial charge in [0.2, 0.25) is 0 Å². The van der Waals surface area contributed by atoms with Gasteiger partial charge in [-0.2, -0.15) is 0 Å². The molecule has 1 N–H and O–H groups in total. The van der Waals surface area contributed by atoms with Crippen LogP contribution in [0.3, 0.4) is 0 Å². The molecule has 1 aliphatic rings. The van der Waals surface area contributed by atoms with E-state index in [1.54, 1.807) is 30.0 Å². The van der Waals surface area contributed by atoms with Gasteiger partial charge in [-0.15, -0.1) is 11.3 Å². The summed E-state index contributed by atoms with van der Waals surface area (Å²) in [5.41, 5.74) is 1.40. The number of nitrogens with zero attached hydrogens (tertiary/aromatic N) is 1. The van der Waals surface area contributed by atoms with Gasteiger partial charge in [0.25, 0.3) is 5.91 Å². The minimum absolute atomic E-state index is 0.283. The Labute approximate surface area is 183 Å². The maximum atomic E-state index is 12.9. The second-order valence-corrected chi connectivity index (χ2v) is 7.73. The standard InChI is InChI=1S/C21H24N2O7S/c1-5-30-21(26)23-7-6-15-16(11-23)31-19(17(15)20(25)29-4)22-18(24)12-8-13(27-2)10-14(9-12)28-3/h8-10H,5-7,11H2,1-4H3,(H,22,24). The highest BCUT2D eigenvalue weighted by molar-refractivity contribution is 7.17. The molecule has 1 aliphatic heterocycles. The van der Waals surface area contributed by atoms with E-state index in [0.717, 1.165) is 10.4 Å². The second kappa shape index (κ2) is 9.69. The van der Waals surface area contributed by atoms with Crippen LogP contribution < -0.4 is 14.8 Å². The van der Waals surface area contributed by atoms with E-state index >= 15 is 0 Å². The number of amides is 2. The molecule has 0 atom stereocenters. The Morgan fingerprint density at radius 3 is 2.35 bits per heavy atom. The molecule has 0 saturated heterocycles. The SMILES string of the molecule is CCOC(=O)N1CCc2c(sc(NC(=O)c3cc(OC)cc(OC)c3)c2C(=O)OC)C1. The minimum atomic E-state index is -0.541. The van der Waals surface area contributed by atoms with E-state index in [9.17, 15) is 14.4 Å². The number of thiophene rings is 1. The summed E-state index contributed by atoms with van der Waals surface area (Å²) in [6.07, 6.45) is 0.0491. The molecule has 9 nitrogen and oxygen atoms in total. The number of rotatable bonds is 6. The Hall–Kier alpha value is -3.27. The van der Waals surface area contributed by atoms with Crippen molar-refractivity contribution < 1.29 is 33.3 Å². The summed E-state index contributed by atoms with van der Waals surface area (Å²) < 4.78 is 20.5. The topological polar surface area (TPSA) is 103 Å². The molecule has 0 spiro atoms. The third-order valence-corrected chi connectivity index (χ3v) is 5.95. The molecule has 166 valence electrons. The smallest absolute Gasteiger partial charge is 0.410 e. The van der Waals surface area contributed by atoms with Crippen LogP contribution in [0.5, 0.6) is 11.5 Å². The summed E-state index contributed by atoms with van der Waals surface area (Å²) in [6, 6.07) is 4.81. The molecular weight excluding hydrogens is 424 g/mol. The van der Waals surface area contributed by atoms with Crippen LogP contribution >= 0.6 is 11.3 Å². The van der Waals surface area contributed by atoms with Gasteiger partial charge in [-0.1, -0.05) is 0 Å². The molecule has 2 amide bonds. The van der Waals surface area contributed by atoms with Crippen LogP contribution in [-0.4, -0.2) is 57.4 Å². The number of esters is 1. The van der Waals surface area contributed by atoms with E-state index in [4.69, 9.17) is 18.9 Å². The molecule has 2 heterocycles. The number of methoxy groups -OCH3 is 3. The third kappa shape index (κ3) is 4.74. The van der Waals surface area contributed by atoms with Crippen molar-refractivity contribution in [1.29, 1.82) is 0 Å². The van der Waals surface area contributed by atoms with E-state index < -0.39 is 18.0 Å². The zero-order valence-corrected chi connectivity index (χ0v) is 18.6. The zero-order valence-electron chi connectivity index (χ0n) is 17.8. The fraction of sp³-hybridized carbons (Fsp3) is 0.381. The lowest BCUT2D eigenvalue weighted by Crippen LogP contribution is -2.36. The van der Waals surface area contributed by atoms with Gasteiger partial charge in [0, 0.05) is 23.1 Å². The molecule has 1 aromatic heterocycles. The third-order valence-electron chi connectivity index (χ3n) is 4.81. The van der Waals surface area contributed by atoms with Gasteiger partial charge in [0.1, 0.15) is 16.5 Å². The van der Waals surface area contributed by atoms with Crippen molar-refractivity contribution in [2.75, 3.05) is 39.8 Å². The lowest BCUT2D eigenvalue weighted by molar-refractivity contribution is 0.0600. The van der Waals surface area contributed by atoms with Gasteiger partial charge in [-0.25, -0.2) is 9.59 Å². The molecule has 0 fully saturated rings. The summed E-state index contributed by atoms with van der Waals surface area (Å²) in [7, 11) is 4.28. The number of hydrogen-bond donors (Lipinski definition) is 1. The molecule has 0 radical (unpaired) electrons. The monoisotopic (exact) mass is 448 g/mol. The Morgan fingerprint density at radius 2 is 1.77 bits per heavy atom. The number of ether oxygens (including phenoxy) is 4. The fourth-order valence-corrected chi connectivity index (χ4v) is 4.54. The van der Waals surface area contributed by atoms with Gasteiger partial charge in [0.15, 0.2) is 0 Å². The number of carbonyl (C=O) groups excluding carboxylic acids is 3. The second-order valence-electron chi connectivity index (χ2n) is 6.63. The Morgan fingerprint density at radius 1 is 1.10 bits per heavy atom. The highest BCUT2D eigenvalue weighted by Crippen LogP contribution is 2.38. The molecule has 10 heteroatoms. The minimum Gasteiger partial charge on any atom is -0.497 e. The summed E-state index contributed by atoms with van der Waals surface area (Å²) in [4.78, 5) is 39.9. The molecule has 31 heavy (non-hydrogen) atoms. The van der Waals surface area contributed by atoms with Gasteiger partial charge in [-0.05, 0) is 31.0 Å². The Kier molecular flexibility index (Phi) is 7.01. The highest BCUT2D eigenvalue weighted by atomic mass is 32.1. The fourth-order valence-electron chi connectivity index (χ4n) is 3.29. The summed E-state index contributed by atoms with van der Waals surface area (Å²) in [6.45, 7) is 2.74. The van der Waals surface area contributed by atoms with Crippen LogP contribution in [0.2, 0.25) is 0 Å². The zero-order chi connectivity index (χ0) is 22.5. The van der Waals surface area contributed by atoms with Crippen LogP contribution in [0.1, 0.15) is 38.1 Å². The predicted octanol–water partition coefficient (Wildman–Crippen LogP) is 3.32. The first kappa shape index (κ1) is 22.4. The number of anilines is 1. The van der Waals surface area contributed by atoms with Crippen LogP contribution in [0.15, 0.2) is 18.2 Å². The average Bonchev–Trinajstić information content (AvgIpc) is 3.15. The molecule has 0 unspecified atom stereocenters. The number of benzene rings is 1. The number of fused-ring (bicyclic) bond motifs is 1. The van der Waals surface area contributed by atoms with Crippen molar-refractivity contribution in [1.82, 2.24) is 4.90 Å². The van der Waals surface area contributed by atoms with Crippen molar-refractivity contribution >= 4 is 34.3 Å². The molecule has 1 aromatic carbocycles. The average molecular weight is 448 g/mol. The van der Waals surface area contributed by atoms with E-state index in [2.05, 4.69) is 5.32 Å². The van der Waals surface area contributed by atoms with Crippen molar-refractivity contribution in [3.8, 4) is 11.5 Å². The van der Waals surface area contributed by atoms with Gasteiger partial charge in [0.05, 0.1) is 40.0 Å². The number of nitrogens with one attached hydrogen (secondary N) is 1. The van der Waals surface area contributed by atoms with E-state index in [-0.39, 0.29) is 6.61 Å². The number of carbonyl (C=O) groups is 3. The molecular formula is C21H24N2O7S. The normalized spacial score (nSPS) is 12.6. The summed E-state index contributed by atoms with van der Waals surface area (Å²) >= 11 is 1.24. The van der Waals surface area contributed by atoms with E-state index in [0.29, 0.717) is 47.1 Å². The van der Waals surface area contributed by atoms with Crippen LogP contribution in [-0.2, 0) is 22.4 Å². The van der Waals surface area contributed by atoms with Crippen LogP contribution in [0.25, 0.3) is 0 Å². The number of hydrogen-bond acceptors (Lipinski definition) is 8. The van der Waals surface area contributed by atoms with Gasteiger partial charge < -0.3 is 29.2 Å². The molecule has 0 saturated carbocycles. The summed E-state index contributed by atoms with van der Waals surface area (Å²) in [5.74, 6) is -0.0368. The maximum absolute atomic E-state index is 12.9. The quantitative estimate of drug-likeness (QED) is 0.676. The van der Waals surface area contributed by atoms with Crippen LogP contribution in [0.4, 0.5) is 9.80 Å². The Balaban J connectivity index is 1.92. The molecule has 2 aromatic rings. The van der Waals surface area contributed by atoms with Crippen LogP contribution in [0, 0.1) is 0 Å². The first-order valence-corrected chi connectivity index (χ1v) is 10.4. The van der Waals surface area contributed by atoms with E-state index in [1.165, 1.54) is 32.7 Å². The largest absolute Gasteiger partial charge is 0.497 e. The molecule has 0 aliphatic carbocycles. The first-order chi connectivity index (χ1) is 14.9. The van der Waals surface area contributed by atoms with E-state index in [1.807, 2.05) is 0 Å². The summed E-state index contributed by atoms with van der Waals surface area (Å²) in [5, 5.41) is 3.17. The molecule has 3 rings (SSSR count). The van der Waals surface area contributed by atoms with Crippen molar-refractivity contribution in [2.24, 2.45) is 0 Å². The highest BCUT2D eigenvalue weighted by Gasteiger charge is 2.31. The van der Waals surface area contributed by atoms with Gasteiger partial charge >= 0.3 is 12.1 Å². The first-order valence-electron chi connectivity index (χ1n) is 9.60. The Bertz CT molecular complexity index is 980. The maximum Gasteiger partial charge on any atom is 0.410 e.